The van der Waals surface area contributed by atoms with Crippen molar-refractivity contribution in [2.75, 3.05) is 13.7 Å². The number of amides is 4. The third-order valence-corrected chi connectivity index (χ3v) is 6.68. The maximum Gasteiger partial charge on any atom is 0.322 e. The van der Waals surface area contributed by atoms with Gasteiger partial charge in [0.05, 0.1) is 30.6 Å². The van der Waals surface area contributed by atoms with Gasteiger partial charge >= 0.3 is 6.03 Å². The minimum absolute atomic E-state index is 0.121. The summed E-state index contributed by atoms with van der Waals surface area (Å²) in [7, 11) is 1.53. The molecule has 0 saturated carbocycles. The van der Waals surface area contributed by atoms with Gasteiger partial charge in [0, 0.05) is 29.8 Å². The van der Waals surface area contributed by atoms with Crippen LogP contribution in [0.4, 0.5) is 4.79 Å². The molecule has 0 aliphatic carbocycles. The number of ether oxygens (including phenoxy) is 1. The van der Waals surface area contributed by atoms with E-state index >= 15 is 0 Å². The molecule has 3 aromatic heterocycles. The Morgan fingerprint density at radius 3 is 2.69 bits per heavy atom. The van der Waals surface area contributed by atoms with E-state index in [4.69, 9.17) is 13.7 Å². The molecule has 0 radical (unpaired) electrons. The fourth-order valence-corrected chi connectivity index (χ4v) is 4.86. The van der Waals surface area contributed by atoms with Crippen molar-refractivity contribution in [1.29, 1.82) is 0 Å². The van der Waals surface area contributed by atoms with Gasteiger partial charge in [-0.1, -0.05) is 11.2 Å². The Kier molecular flexibility index (Phi) is 4.65. The Labute approximate surface area is 204 Å². The van der Waals surface area contributed by atoms with Crippen LogP contribution in [-0.4, -0.2) is 46.5 Å². The van der Waals surface area contributed by atoms with E-state index in [1.54, 1.807) is 37.4 Å². The molecule has 11 nitrogen and oxygen atoms in total. The van der Waals surface area contributed by atoms with Gasteiger partial charge in [-0.05, 0) is 37.6 Å². The van der Waals surface area contributed by atoms with Gasteiger partial charge < -0.3 is 23.9 Å². The van der Waals surface area contributed by atoms with Gasteiger partial charge in [-0.25, -0.2) is 4.79 Å². The van der Waals surface area contributed by atoms with Crippen LogP contribution in [0, 0.1) is 13.8 Å². The van der Waals surface area contributed by atoms with Crippen LogP contribution in [0.1, 0.15) is 33.1 Å². The summed E-state index contributed by atoms with van der Waals surface area (Å²) in [5.74, 6) is 0.501. The van der Waals surface area contributed by atoms with Gasteiger partial charge in [0.15, 0.2) is 5.54 Å². The van der Waals surface area contributed by atoms with Crippen molar-refractivity contribution in [2.45, 2.75) is 25.9 Å². The molecule has 6 rings (SSSR count). The average molecular weight is 487 g/mol. The summed E-state index contributed by atoms with van der Waals surface area (Å²) in [5.41, 5.74) is 2.20. The number of benzene rings is 1. The maximum atomic E-state index is 13.2. The molecular formula is C25H21N5O6. The highest BCUT2D eigenvalue weighted by Gasteiger charge is 2.53. The van der Waals surface area contributed by atoms with E-state index in [0.717, 1.165) is 11.1 Å². The lowest BCUT2D eigenvalue weighted by atomic mass is 9.95. The Hall–Kier alpha value is -4.67. The first-order chi connectivity index (χ1) is 17.3. The Balaban J connectivity index is 1.40. The summed E-state index contributed by atoms with van der Waals surface area (Å²) in [6.07, 6.45) is 1.62. The molecule has 5 heterocycles. The number of aryl methyl sites for hydroxylation is 2. The minimum Gasteiger partial charge on any atom is -0.497 e. The smallest absolute Gasteiger partial charge is 0.322 e. The monoisotopic (exact) mass is 487 g/mol. The SMILES string of the molecule is COc1ccc2c(c1)C(=O)N(CC1(c3cc4cnc(-c5c(C)noc5C)cc4o3)NC(=O)NC1=O)C2. The Morgan fingerprint density at radius 1 is 1.17 bits per heavy atom. The van der Waals surface area contributed by atoms with Crippen molar-refractivity contribution in [2.24, 2.45) is 0 Å². The third-order valence-electron chi connectivity index (χ3n) is 6.68. The predicted octanol–water partition coefficient (Wildman–Crippen LogP) is 2.80. The van der Waals surface area contributed by atoms with E-state index in [2.05, 4.69) is 20.8 Å². The van der Waals surface area contributed by atoms with Gasteiger partial charge in [0.2, 0.25) is 0 Å². The van der Waals surface area contributed by atoms with Crippen molar-refractivity contribution in [3.63, 3.8) is 0 Å². The zero-order valence-electron chi connectivity index (χ0n) is 19.7. The molecule has 1 fully saturated rings. The van der Waals surface area contributed by atoms with Crippen LogP contribution >= 0.6 is 0 Å². The van der Waals surface area contributed by atoms with Crippen molar-refractivity contribution < 1.29 is 28.1 Å². The molecule has 2 aliphatic rings. The molecule has 1 aromatic carbocycles. The number of urea groups is 1. The molecule has 1 saturated heterocycles. The third kappa shape index (κ3) is 3.16. The Morgan fingerprint density at radius 2 is 2.00 bits per heavy atom. The maximum absolute atomic E-state index is 13.2. The standard InChI is InChI=1S/C25H21N5O6/c1-12-21(13(2)36-29-12)18-8-19-15(9-26-18)6-20(35-19)25(23(32)27-24(33)28-25)11-30-10-14-4-5-16(34-3)7-17(14)22(30)31/h4-9H,10-11H2,1-3H3,(H2,27,28,32,33). The first-order valence-corrected chi connectivity index (χ1v) is 11.2. The molecule has 1 atom stereocenters. The summed E-state index contributed by atoms with van der Waals surface area (Å²) in [4.78, 5) is 44.6. The second-order valence-corrected chi connectivity index (χ2v) is 8.92. The lowest BCUT2D eigenvalue weighted by Crippen LogP contribution is -2.52. The molecule has 36 heavy (non-hydrogen) atoms. The number of imide groups is 1. The van der Waals surface area contributed by atoms with E-state index in [0.29, 0.717) is 39.4 Å². The van der Waals surface area contributed by atoms with Gasteiger partial charge in [0.1, 0.15) is 22.9 Å². The molecule has 0 spiro atoms. The van der Waals surface area contributed by atoms with Crippen LogP contribution in [0.2, 0.25) is 0 Å². The van der Waals surface area contributed by atoms with Crippen LogP contribution < -0.4 is 15.4 Å². The lowest BCUT2D eigenvalue weighted by Gasteiger charge is -2.29. The van der Waals surface area contributed by atoms with Crippen LogP contribution in [0.5, 0.6) is 5.75 Å². The number of carbonyl (C=O) groups is 3. The van der Waals surface area contributed by atoms with Crippen LogP contribution in [0.3, 0.4) is 0 Å². The van der Waals surface area contributed by atoms with E-state index < -0.39 is 17.5 Å². The quantitative estimate of drug-likeness (QED) is 0.410. The minimum atomic E-state index is -1.61. The number of rotatable bonds is 5. The second kappa shape index (κ2) is 7.67. The summed E-state index contributed by atoms with van der Waals surface area (Å²) >= 11 is 0. The number of fused-ring (bicyclic) bond motifs is 2. The molecule has 11 heteroatoms. The van der Waals surface area contributed by atoms with E-state index in [9.17, 15) is 14.4 Å². The summed E-state index contributed by atoms with van der Waals surface area (Å²) < 4.78 is 16.6. The lowest BCUT2D eigenvalue weighted by molar-refractivity contribution is -0.125. The number of hydrogen-bond donors (Lipinski definition) is 2. The number of hydrogen-bond acceptors (Lipinski definition) is 8. The zero-order chi connectivity index (χ0) is 25.2. The zero-order valence-corrected chi connectivity index (χ0v) is 19.7. The van der Waals surface area contributed by atoms with E-state index in [1.165, 1.54) is 12.0 Å². The number of pyridine rings is 1. The van der Waals surface area contributed by atoms with Gasteiger partial charge in [0.25, 0.3) is 11.8 Å². The van der Waals surface area contributed by atoms with E-state index in [-0.39, 0.29) is 24.8 Å². The molecule has 1 unspecified atom stereocenters. The molecule has 4 aromatic rings. The average Bonchev–Trinajstić information content (AvgIpc) is 3.59. The number of nitrogens with one attached hydrogen (secondary N) is 2. The number of methoxy groups -OCH3 is 1. The summed E-state index contributed by atoms with van der Waals surface area (Å²) in [6, 6.07) is 7.98. The largest absolute Gasteiger partial charge is 0.497 e. The highest BCUT2D eigenvalue weighted by molar-refractivity contribution is 6.08. The second-order valence-electron chi connectivity index (χ2n) is 8.92. The first kappa shape index (κ1) is 21.8. The van der Waals surface area contributed by atoms with Gasteiger partial charge in [-0.15, -0.1) is 0 Å². The first-order valence-electron chi connectivity index (χ1n) is 11.2. The number of nitrogens with zero attached hydrogens (tertiary/aromatic N) is 3. The molecule has 0 bridgehead atoms. The molecule has 2 aliphatic heterocycles. The molecule has 2 N–H and O–H groups in total. The number of aromatic nitrogens is 2. The van der Waals surface area contributed by atoms with Gasteiger partial charge in [-0.3, -0.25) is 19.9 Å². The van der Waals surface area contributed by atoms with Crippen molar-refractivity contribution in [1.82, 2.24) is 25.7 Å². The van der Waals surface area contributed by atoms with Crippen LogP contribution in [0.15, 0.2) is 45.5 Å². The topological polar surface area (TPSA) is 140 Å². The van der Waals surface area contributed by atoms with Crippen molar-refractivity contribution in [3.05, 3.63) is 64.9 Å². The van der Waals surface area contributed by atoms with Crippen LogP contribution in [0.25, 0.3) is 22.2 Å². The number of furan rings is 1. The van der Waals surface area contributed by atoms with E-state index in [1.807, 2.05) is 13.0 Å². The van der Waals surface area contributed by atoms with Crippen LogP contribution in [-0.2, 0) is 16.9 Å². The molecule has 182 valence electrons. The fourth-order valence-electron chi connectivity index (χ4n) is 4.86. The predicted molar refractivity (Wildman–Crippen MR) is 125 cm³/mol. The van der Waals surface area contributed by atoms with Gasteiger partial charge in [-0.2, -0.15) is 0 Å². The summed E-state index contributed by atoms with van der Waals surface area (Å²) in [6.45, 7) is 3.77. The molecular weight excluding hydrogens is 466 g/mol. The normalized spacial score (nSPS) is 19.1. The fraction of sp³-hybridized carbons (Fsp3) is 0.240. The Bertz CT molecular complexity index is 1570. The molecule has 4 amide bonds. The number of carbonyl (C=O) groups excluding carboxylic acids is 3. The van der Waals surface area contributed by atoms with Crippen molar-refractivity contribution >= 4 is 28.8 Å². The highest BCUT2D eigenvalue weighted by Crippen LogP contribution is 2.36. The highest BCUT2D eigenvalue weighted by atomic mass is 16.5. The van der Waals surface area contributed by atoms with Crippen molar-refractivity contribution in [3.8, 4) is 17.0 Å². The summed E-state index contributed by atoms with van der Waals surface area (Å²) in [5, 5.41) is 9.58.